The molecule has 3 saturated heterocycles. The van der Waals surface area contributed by atoms with Crippen LogP contribution in [-0.4, -0.2) is 69.0 Å². The van der Waals surface area contributed by atoms with E-state index in [1.165, 1.54) is 46.7 Å². The average molecular weight is 686 g/mol. The first-order chi connectivity index (χ1) is 17.9. The smallest absolute Gasteiger partial charge is 0.236 e. The van der Waals surface area contributed by atoms with Crippen molar-refractivity contribution < 1.29 is 4.79 Å². The number of pyridine rings is 1. The van der Waals surface area contributed by atoms with Crippen molar-refractivity contribution >= 4 is 72.9 Å². The number of piperidine rings is 2. The summed E-state index contributed by atoms with van der Waals surface area (Å²) in [7, 11) is 0. The van der Waals surface area contributed by atoms with Gasteiger partial charge in [-0.3, -0.25) is 14.7 Å². The fourth-order valence-electron chi connectivity index (χ4n) is 6.64. The number of halogens is 3. The van der Waals surface area contributed by atoms with E-state index in [-0.39, 0.29) is 5.92 Å². The van der Waals surface area contributed by atoms with Gasteiger partial charge in [0, 0.05) is 63.8 Å². The molecule has 0 bridgehead atoms. The van der Waals surface area contributed by atoms with E-state index in [1.807, 2.05) is 12.3 Å². The molecule has 0 radical (unpaired) electrons. The highest BCUT2D eigenvalue weighted by Crippen LogP contribution is 2.50. The standard InChI is InChI=1S/C28H32Br2ClN3OS2/c29-21-13-20-2-1-19-14-22(31)15-23(30)25(19)26(27(20)32-16-21)18-3-7-34(8-4-18)24(35)17-33-9-5-28(6-10-33)36-11-12-37-28/h13-16,18,26H,1-12,17H2/t26-/m1/s1. The van der Waals surface area contributed by atoms with Crippen LogP contribution in [0.5, 0.6) is 0 Å². The Morgan fingerprint density at radius 2 is 1.73 bits per heavy atom. The van der Waals surface area contributed by atoms with Gasteiger partial charge in [0.15, 0.2) is 0 Å². The Labute approximate surface area is 250 Å². The van der Waals surface area contributed by atoms with Gasteiger partial charge < -0.3 is 4.90 Å². The zero-order valence-corrected chi connectivity index (χ0v) is 26.4. The third-order valence-electron chi connectivity index (χ3n) is 8.57. The molecule has 1 aromatic heterocycles. The molecule has 1 aliphatic carbocycles. The second kappa shape index (κ2) is 11.3. The molecule has 9 heteroatoms. The second-order valence-corrected chi connectivity index (χ2v) is 16.2. The van der Waals surface area contributed by atoms with Crippen molar-refractivity contribution in [2.45, 2.75) is 48.5 Å². The van der Waals surface area contributed by atoms with Gasteiger partial charge in [-0.25, -0.2) is 0 Å². The van der Waals surface area contributed by atoms with E-state index in [4.69, 9.17) is 16.6 Å². The minimum absolute atomic E-state index is 0.212. The third-order valence-corrected chi connectivity index (χ3v) is 13.5. The average Bonchev–Trinajstić information content (AvgIpc) is 3.28. The lowest BCUT2D eigenvalue weighted by molar-refractivity contribution is -0.134. The number of carbonyl (C=O) groups is 1. The molecule has 1 atom stereocenters. The number of benzene rings is 1. The van der Waals surface area contributed by atoms with E-state index in [1.54, 1.807) is 0 Å². The molecule has 2 aromatic rings. The molecular weight excluding hydrogens is 654 g/mol. The molecule has 6 rings (SSSR count). The summed E-state index contributed by atoms with van der Waals surface area (Å²) in [5, 5.41) is 0.777. The van der Waals surface area contributed by atoms with Crippen molar-refractivity contribution in [1.82, 2.24) is 14.8 Å². The van der Waals surface area contributed by atoms with E-state index in [0.29, 0.717) is 22.4 Å². The largest absolute Gasteiger partial charge is 0.342 e. The van der Waals surface area contributed by atoms with Gasteiger partial charge in [0.05, 0.1) is 16.3 Å². The normalized spacial score (nSPS) is 24.1. The number of hydrogen-bond donors (Lipinski definition) is 0. The molecule has 3 fully saturated rings. The Morgan fingerprint density at radius 3 is 2.46 bits per heavy atom. The van der Waals surface area contributed by atoms with Crippen molar-refractivity contribution in [3.05, 3.63) is 60.7 Å². The first-order valence-corrected chi connectivity index (χ1v) is 17.2. The van der Waals surface area contributed by atoms with Crippen molar-refractivity contribution in [1.29, 1.82) is 0 Å². The van der Waals surface area contributed by atoms with E-state index in [2.05, 4.69) is 77.3 Å². The molecule has 0 N–H and O–H groups in total. The first kappa shape index (κ1) is 26.9. The van der Waals surface area contributed by atoms with Gasteiger partial charge in [-0.2, -0.15) is 0 Å². The number of aryl methyl sites for hydroxylation is 2. The number of rotatable bonds is 3. The van der Waals surface area contributed by atoms with Gasteiger partial charge in [-0.05, 0) is 95.3 Å². The van der Waals surface area contributed by atoms with Crippen molar-refractivity contribution in [3.8, 4) is 0 Å². The zero-order valence-electron chi connectivity index (χ0n) is 20.9. The SMILES string of the molecule is O=C(CN1CCC2(CC1)SCCS2)N1CCC([C@H]2c3ncc(Br)cc3CCc3cc(Cl)cc(Br)c32)CC1. The predicted molar refractivity (Wildman–Crippen MR) is 163 cm³/mol. The highest BCUT2D eigenvalue weighted by Gasteiger charge is 2.40. The van der Waals surface area contributed by atoms with Crippen LogP contribution in [0, 0.1) is 5.92 Å². The molecule has 198 valence electrons. The van der Waals surface area contributed by atoms with Crippen molar-refractivity contribution in [2.75, 3.05) is 44.2 Å². The van der Waals surface area contributed by atoms with Gasteiger partial charge in [0.25, 0.3) is 0 Å². The number of hydrogen-bond acceptors (Lipinski definition) is 5. The molecule has 4 heterocycles. The van der Waals surface area contributed by atoms with E-state index >= 15 is 0 Å². The van der Waals surface area contributed by atoms with Gasteiger partial charge in [0.1, 0.15) is 0 Å². The lowest BCUT2D eigenvalue weighted by atomic mass is 9.76. The molecular formula is C28H32Br2ClN3OS2. The van der Waals surface area contributed by atoms with E-state index in [9.17, 15) is 4.79 Å². The molecule has 4 aliphatic rings. The maximum Gasteiger partial charge on any atom is 0.236 e. The Morgan fingerprint density at radius 1 is 1.03 bits per heavy atom. The Bertz CT molecular complexity index is 1170. The highest BCUT2D eigenvalue weighted by molar-refractivity contribution is 9.10. The third kappa shape index (κ3) is 5.67. The van der Waals surface area contributed by atoms with Crippen LogP contribution in [0.3, 0.4) is 0 Å². The summed E-state index contributed by atoms with van der Waals surface area (Å²) in [6.45, 7) is 4.34. The van der Waals surface area contributed by atoms with Crippen molar-refractivity contribution in [2.24, 2.45) is 5.92 Å². The lowest BCUT2D eigenvalue weighted by Gasteiger charge is -2.40. The maximum atomic E-state index is 13.3. The fraction of sp³-hybridized carbons (Fsp3) is 0.571. The number of fused-ring (bicyclic) bond motifs is 2. The van der Waals surface area contributed by atoms with E-state index < -0.39 is 0 Å². The number of amides is 1. The Balaban J connectivity index is 1.15. The number of aromatic nitrogens is 1. The van der Waals surface area contributed by atoms with Crippen LogP contribution in [0.2, 0.25) is 5.02 Å². The fourth-order valence-corrected chi connectivity index (χ4v) is 11.3. The first-order valence-electron chi connectivity index (χ1n) is 13.3. The van der Waals surface area contributed by atoms with Gasteiger partial charge in [0.2, 0.25) is 5.91 Å². The van der Waals surface area contributed by atoms with Crippen LogP contribution in [0.1, 0.15) is 54.0 Å². The van der Waals surface area contributed by atoms with Crippen molar-refractivity contribution in [3.63, 3.8) is 0 Å². The molecule has 4 nitrogen and oxygen atoms in total. The van der Waals surface area contributed by atoms with Gasteiger partial charge >= 0.3 is 0 Å². The summed E-state index contributed by atoms with van der Waals surface area (Å²) in [5.41, 5.74) is 5.17. The molecule has 1 aromatic carbocycles. The summed E-state index contributed by atoms with van der Waals surface area (Å²) in [5.74, 6) is 3.52. The molecule has 1 amide bonds. The van der Waals surface area contributed by atoms with Crippen LogP contribution < -0.4 is 0 Å². The van der Waals surface area contributed by atoms with Crippen LogP contribution >= 0.6 is 67.0 Å². The minimum atomic E-state index is 0.212. The van der Waals surface area contributed by atoms with Gasteiger partial charge in [-0.1, -0.05) is 27.5 Å². The zero-order chi connectivity index (χ0) is 25.6. The molecule has 3 aliphatic heterocycles. The van der Waals surface area contributed by atoms with Crippen LogP contribution in [0.4, 0.5) is 0 Å². The maximum absolute atomic E-state index is 13.3. The minimum Gasteiger partial charge on any atom is -0.342 e. The molecule has 1 spiro atoms. The van der Waals surface area contributed by atoms with Crippen LogP contribution in [-0.2, 0) is 17.6 Å². The molecule has 0 unspecified atom stereocenters. The van der Waals surface area contributed by atoms with Crippen LogP contribution in [0.15, 0.2) is 33.3 Å². The summed E-state index contributed by atoms with van der Waals surface area (Å²) in [6.07, 6.45) is 8.27. The Hall–Kier alpha value is -0.250. The topological polar surface area (TPSA) is 36.4 Å². The lowest BCUT2D eigenvalue weighted by Crippen LogP contribution is -2.48. The summed E-state index contributed by atoms with van der Waals surface area (Å²) in [6, 6.07) is 6.40. The highest BCUT2D eigenvalue weighted by atomic mass is 79.9. The Kier molecular flexibility index (Phi) is 8.25. The summed E-state index contributed by atoms with van der Waals surface area (Å²) >= 11 is 18.3. The number of carbonyl (C=O) groups excluding carboxylic acids is 1. The summed E-state index contributed by atoms with van der Waals surface area (Å²) in [4.78, 5) is 22.7. The number of thioether (sulfide) groups is 2. The summed E-state index contributed by atoms with van der Waals surface area (Å²) < 4.78 is 2.55. The quantitative estimate of drug-likeness (QED) is 0.348. The number of likely N-dealkylation sites (tertiary alicyclic amines) is 2. The molecule has 0 saturated carbocycles. The second-order valence-electron chi connectivity index (χ2n) is 10.7. The predicted octanol–water partition coefficient (Wildman–Crippen LogP) is 7.00. The molecule has 37 heavy (non-hydrogen) atoms. The number of nitrogens with zero attached hydrogens (tertiary/aromatic N) is 3. The van der Waals surface area contributed by atoms with Gasteiger partial charge in [-0.15, -0.1) is 23.5 Å². The van der Waals surface area contributed by atoms with Crippen LogP contribution in [0.25, 0.3) is 0 Å². The monoisotopic (exact) mass is 683 g/mol. The van der Waals surface area contributed by atoms with E-state index in [0.717, 1.165) is 65.8 Å².